The van der Waals surface area contributed by atoms with Crippen LogP contribution in [0.3, 0.4) is 0 Å². The maximum absolute atomic E-state index is 12.3. The predicted molar refractivity (Wildman–Crippen MR) is 78.7 cm³/mol. The van der Waals surface area contributed by atoms with Crippen LogP contribution in [0.4, 0.5) is 10.5 Å². The number of benzene rings is 1. The minimum absolute atomic E-state index is 0.0311. The van der Waals surface area contributed by atoms with Gasteiger partial charge in [-0.3, -0.25) is 0 Å². The first-order valence-electron chi connectivity index (χ1n) is 6.92. The molecule has 1 heterocycles. The average molecular weight is 292 g/mol. The number of ether oxygens (including phenoxy) is 1. The van der Waals surface area contributed by atoms with Crippen molar-refractivity contribution in [3.63, 3.8) is 0 Å². The Hall–Kier alpha value is -2.08. The quantitative estimate of drug-likeness (QED) is 0.877. The second kappa shape index (κ2) is 6.13. The Bertz CT molecular complexity index is 549. The van der Waals surface area contributed by atoms with Gasteiger partial charge in [0.25, 0.3) is 0 Å². The predicted octanol–water partition coefficient (Wildman–Crippen LogP) is 2.33. The molecule has 0 radical (unpaired) electrons. The minimum Gasteiger partial charge on any atom is -0.478 e. The largest absolute Gasteiger partial charge is 0.478 e. The molecule has 1 aliphatic rings. The summed E-state index contributed by atoms with van der Waals surface area (Å²) < 4.78 is 5.58. The third-order valence-corrected chi connectivity index (χ3v) is 3.35. The molecule has 0 bridgehead atoms. The van der Waals surface area contributed by atoms with Crippen LogP contribution in [0.25, 0.3) is 0 Å². The van der Waals surface area contributed by atoms with Crippen molar-refractivity contribution in [2.45, 2.75) is 33.0 Å². The number of aryl methyl sites for hydroxylation is 1. The second-order valence-electron chi connectivity index (χ2n) is 5.45. The van der Waals surface area contributed by atoms with Crippen molar-refractivity contribution >= 4 is 17.7 Å². The maximum Gasteiger partial charge on any atom is 0.337 e. The highest BCUT2D eigenvalue weighted by molar-refractivity contribution is 6.00. The van der Waals surface area contributed by atoms with Gasteiger partial charge in [-0.05, 0) is 32.9 Å². The van der Waals surface area contributed by atoms with Crippen molar-refractivity contribution < 1.29 is 19.4 Å². The van der Waals surface area contributed by atoms with Gasteiger partial charge in [-0.15, -0.1) is 0 Å². The van der Waals surface area contributed by atoms with E-state index in [2.05, 4.69) is 5.32 Å². The third-order valence-electron chi connectivity index (χ3n) is 3.35. The van der Waals surface area contributed by atoms with E-state index in [0.29, 0.717) is 18.8 Å². The number of morpholine rings is 1. The first-order valence-corrected chi connectivity index (χ1v) is 6.92. The van der Waals surface area contributed by atoms with E-state index in [1.165, 1.54) is 0 Å². The van der Waals surface area contributed by atoms with Crippen molar-refractivity contribution in [1.29, 1.82) is 0 Å². The van der Waals surface area contributed by atoms with Gasteiger partial charge in [-0.2, -0.15) is 0 Å². The summed E-state index contributed by atoms with van der Waals surface area (Å²) in [5.74, 6) is -1.06. The number of urea groups is 1. The molecule has 6 nitrogen and oxygen atoms in total. The van der Waals surface area contributed by atoms with Gasteiger partial charge in [0.1, 0.15) is 0 Å². The minimum atomic E-state index is -1.06. The summed E-state index contributed by atoms with van der Waals surface area (Å²) in [5.41, 5.74) is 1.24. The Morgan fingerprint density at radius 2 is 1.90 bits per heavy atom. The lowest BCUT2D eigenvalue weighted by molar-refractivity contribution is -0.0530. The molecule has 2 rings (SSSR count). The van der Waals surface area contributed by atoms with Crippen molar-refractivity contribution in [2.75, 3.05) is 18.4 Å². The van der Waals surface area contributed by atoms with Gasteiger partial charge in [0.2, 0.25) is 0 Å². The summed E-state index contributed by atoms with van der Waals surface area (Å²) in [6.45, 7) is 6.60. The van der Waals surface area contributed by atoms with E-state index in [1.807, 2.05) is 20.8 Å². The molecule has 0 aromatic heterocycles. The normalized spacial score (nSPS) is 22.0. The molecule has 2 N–H and O–H groups in total. The van der Waals surface area contributed by atoms with Gasteiger partial charge in [-0.1, -0.05) is 11.6 Å². The molecular formula is C15H20N2O4. The first kappa shape index (κ1) is 15.3. The third kappa shape index (κ3) is 3.72. The SMILES string of the molecule is Cc1ccc(NC(=O)N2C[C@@H](C)O[C@@H](C)C2)c(C(=O)O)c1. The summed E-state index contributed by atoms with van der Waals surface area (Å²) in [5, 5.41) is 11.9. The van der Waals surface area contributed by atoms with Crippen LogP contribution in [-0.4, -0.2) is 47.3 Å². The van der Waals surface area contributed by atoms with Gasteiger partial charge in [0, 0.05) is 13.1 Å². The molecule has 21 heavy (non-hydrogen) atoms. The molecule has 1 saturated heterocycles. The number of rotatable bonds is 2. The van der Waals surface area contributed by atoms with Crippen molar-refractivity contribution in [1.82, 2.24) is 4.90 Å². The summed E-state index contributed by atoms with van der Waals surface area (Å²) in [4.78, 5) is 25.2. The second-order valence-corrected chi connectivity index (χ2v) is 5.45. The average Bonchev–Trinajstić information content (AvgIpc) is 2.39. The molecule has 6 heteroatoms. The molecule has 1 aromatic rings. The maximum atomic E-state index is 12.3. The highest BCUT2D eigenvalue weighted by Crippen LogP contribution is 2.19. The number of carbonyl (C=O) groups excluding carboxylic acids is 1. The van der Waals surface area contributed by atoms with Crippen LogP contribution in [0.15, 0.2) is 18.2 Å². The molecule has 114 valence electrons. The zero-order chi connectivity index (χ0) is 15.6. The Labute approximate surface area is 123 Å². The number of hydrogen-bond acceptors (Lipinski definition) is 3. The molecule has 0 saturated carbocycles. The Morgan fingerprint density at radius 1 is 1.29 bits per heavy atom. The highest BCUT2D eigenvalue weighted by atomic mass is 16.5. The van der Waals surface area contributed by atoms with Crippen LogP contribution < -0.4 is 5.32 Å². The lowest BCUT2D eigenvalue weighted by Gasteiger charge is -2.35. The fourth-order valence-corrected chi connectivity index (χ4v) is 2.48. The molecule has 1 aromatic carbocycles. The number of nitrogens with zero attached hydrogens (tertiary/aromatic N) is 1. The van der Waals surface area contributed by atoms with E-state index in [-0.39, 0.29) is 23.8 Å². The highest BCUT2D eigenvalue weighted by Gasteiger charge is 2.26. The van der Waals surface area contributed by atoms with Crippen LogP contribution in [0.5, 0.6) is 0 Å². The lowest BCUT2D eigenvalue weighted by Crippen LogP contribution is -2.49. The molecule has 2 amide bonds. The number of amides is 2. The number of carboxylic acid groups (broad SMARTS) is 1. The molecule has 0 spiro atoms. The monoisotopic (exact) mass is 292 g/mol. The van der Waals surface area contributed by atoms with E-state index < -0.39 is 5.97 Å². The number of carbonyl (C=O) groups is 2. The van der Waals surface area contributed by atoms with Crippen LogP contribution in [0.1, 0.15) is 29.8 Å². The van der Waals surface area contributed by atoms with Crippen LogP contribution in [0, 0.1) is 6.92 Å². The summed E-state index contributed by atoms with van der Waals surface area (Å²) in [7, 11) is 0. The van der Waals surface area contributed by atoms with Gasteiger partial charge < -0.3 is 20.1 Å². The number of anilines is 1. The Morgan fingerprint density at radius 3 is 2.48 bits per heavy atom. The Balaban J connectivity index is 2.14. The molecule has 1 aliphatic heterocycles. The summed E-state index contributed by atoms with van der Waals surface area (Å²) >= 11 is 0. The fourth-order valence-electron chi connectivity index (χ4n) is 2.48. The molecule has 1 fully saturated rings. The number of nitrogens with one attached hydrogen (secondary N) is 1. The van der Waals surface area contributed by atoms with Crippen molar-refractivity contribution in [3.8, 4) is 0 Å². The summed E-state index contributed by atoms with van der Waals surface area (Å²) in [6.07, 6.45) is -0.0621. The first-order chi connectivity index (χ1) is 9.86. The van der Waals surface area contributed by atoms with Crippen molar-refractivity contribution in [3.05, 3.63) is 29.3 Å². The topological polar surface area (TPSA) is 78.9 Å². The number of aromatic carboxylic acids is 1. The van der Waals surface area contributed by atoms with Crippen LogP contribution in [-0.2, 0) is 4.74 Å². The lowest BCUT2D eigenvalue weighted by atomic mass is 10.1. The van der Waals surface area contributed by atoms with E-state index in [1.54, 1.807) is 23.1 Å². The van der Waals surface area contributed by atoms with E-state index >= 15 is 0 Å². The molecular weight excluding hydrogens is 272 g/mol. The number of hydrogen-bond donors (Lipinski definition) is 2. The standard InChI is InChI=1S/C15H20N2O4/c1-9-4-5-13(12(6-9)14(18)19)16-15(20)17-7-10(2)21-11(3)8-17/h4-6,10-11H,7-8H2,1-3H3,(H,16,20)(H,18,19)/t10-,11+. The van der Waals surface area contributed by atoms with Gasteiger partial charge >= 0.3 is 12.0 Å². The fraction of sp³-hybridized carbons (Fsp3) is 0.467. The Kier molecular flexibility index (Phi) is 4.47. The van der Waals surface area contributed by atoms with Crippen LogP contribution in [0.2, 0.25) is 0 Å². The zero-order valence-electron chi connectivity index (χ0n) is 12.4. The van der Waals surface area contributed by atoms with Crippen molar-refractivity contribution in [2.24, 2.45) is 0 Å². The molecule has 0 unspecified atom stereocenters. The molecule has 2 atom stereocenters. The number of carboxylic acids is 1. The molecule has 0 aliphatic carbocycles. The van der Waals surface area contributed by atoms with E-state index in [4.69, 9.17) is 4.74 Å². The van der Waals surface area contributed by atoms with E-state index in [0.717, 1.165) is 5.56 Å². The van der Waals surface area contributed by atoms with Gasteiger partial charge in [0.05, 0.1) is 23.5 Å². The van der Waals surface area contributed by atoms with Gasteiger partial charge in [-0.25, -0.2) is 9.59 Å². The van der Waals surface area contributed by atoms with E-state index in [9.17, 15) is 14.7 Å². The van der Waals surface area contributed by atoms with Gasteiger partial charge in [0.15, 0.2) is 0 Å². The summed E-state index contributed by atoms with van der Waals surface area (Å²) in [6, 6.07) is 4.63. The van der Waals surface area contributed by atoms with Crippen LogP contribution >= 0.6 is 0 Å². The smallest absolute Gasteiger partial charge is 0.337 e. The zero-order valence-corrected chi connectivity index (χ0v) is 12.4.